The number of aryl methyl sites for hydroxylation is 4. The number of carbonyl (C=O) groups is 1. The quantitative estimate of drug-likeness (QED) is 0.518. The smallest absolute Gasteiger partial charge is 0.205 e. The van der Waals surface area contributed by atoms with Crippen molar-refractivity contribution in [1.29, 1.82) is 0 Å². The second-order valence-corrected chi connectivity index (χ2v) is 7.38. The minimum absolute atomic E-state index is 0.0908. The highest BCUT2D eigenvalue weighted by atomic mass is 16.1. The number of carbonyl (C=O) groups excluding carboxylic acids is 1. The molecule has 5 heteroatoms. The molecular weight excluding hydrogens is 336 g/mol. The zero-order chi connectivity index (χ0) is 18.7. The Morgan fingerprint density at radius 1 is 1.15 bits per heavy atom. The molecule has 0 unspecified atom stereocenters. The molecule has 0 amide bonds. The van der Waals surface area contributed by atoms with Gasteiger partial charge >= 0.3 is 0 Å². The molecule has 134 valence electrons. The number of hydrogen-bond acceptors (Lipinski definition) is 3. The van der Waals surface area contributed by atoms with Crippen LogP contribution in [0.4, 0.5) is 0 Å². The molecular formula is C22H20N4O. The number of H-pyrrole nitrogens is 1. The number of hydrogen-bond donors (Lipinski definition) is 1. The van der Waals surface area contributed by atoms with Gasteiger partial charge in [-0.2, -0.15) is 5.10 Å². The first-order valence-corrected chi connectivity index (χ1v) is 9.17. The van der Waals surface area contributed by atoms with Gasteiger partial charge in [-0.3, -0.25) is 9.48 Å². The van der Waals surface area contributed by atoms with Crippen LogP contribution in [0.15, 0.2) is 36.0 Å². The first-order valence-electron chi connectivity index (χ1n) is 9.17. The average Bonchev–Trinajstić information content (AvgIpc) is 3.15. The van der Waals surface area contributed by atoms with Crippen LogP contribution in [0.25, 0.3) is 28.0 Å². The Kier molecular flexibility index (Phi) is 3.34. The summed E-state index contributed by atoms with van der Waals surface area (Å²) in [5.41, 5.74) is 7.71. The third-order valence-corrected chi connectivity index (χ3v) is 5.45. The van der Waals surface area contributed by atoms with Gasteiger partial charge in [0.05, 0.1) is 11.4 Å². The van der Waals surface area contributed by atoms with Crippen LogP contribution in [0.5, 0.6) is 0 Å². The van der Waals surface area contributed by atoms with E-state index in [0.717, 1.165) is 57.5 Å². The maximum Gasteiger partial charge on any atom is 0.205 e. The van der Waals surface area contributed by atoms with Crippen molar-refractivity contribution in [2.45, 2.75) is 26.7 Å². The minimum atomic E-state index is 0.0908. The molecule has 0 saturated heterocycles. The largest absolute Gasteiger partial charge is 0.352 e. The number of fused-ring (bicyclic) bond motifs is 4. The molecule has 4 aromatic rings. The second-order valence-electron chi connectivity index (χ2n) is 7.38. The molecule has 1 N–H and O–H groups in total. The van der Waals surface area contributed by atoms with E-state index in [2.05, 4.69) is 46.3 Å². The van der Waals surface area contributed by atoms with E-state index in [-0.39, 0.29) is 5.78 Å². The fourth-order valence-electron chi connectivity index (χ4n) is 4.09. The van der Waals surface area contributed by atoms with Crippen LogP contribution in [0.1, 0.15) is 39.3 Å². The van der Waals surface area contributed by atoms with Crippen molar-refractivity contribution in [3.05, 3.63) is 64.1 Å². The molecule has 0 fully saturated rings. The van der Waals surface area contributed by atoms with Crippen molar-refractivity contribution in [2.24, 2.45) is 7.05 Å². The summed E-state index contributed by atoms with van der Waals surface area (Å²) in [6.45, 7) is 4.06. The fourth-order valence-corrected chi connectivity index (χ4v) is 4.09. The first kappa shape index (κ1) is 16.0. The lowest BCUT2D eigenvalue weighted by Gasteiger charge is -2.14. The summed E-state index contributed by atoms with van der Waals surface area (Å²) >= 11 is 0. The van der Waals surface area contributed by atoms with Gasteiger partial charge in [0.15, 0.2) is 5.65 Å². The van der Waals surface area contributed by atoms with Crippen molar-refractivity contribution in [3.63, 3.8) is 0 Å². The van der Waals surface area contributed by atoms with E-state index >= 15 is 0 Å². The van der Waals surface area contributed by atoms with Gasteiger partial charge < -0.3 is 4.98 Å². The first-order chi connectivity index (χ1) is 13.0. The predicted molar refractivity (Wildman–Crippen MR) is 107 cm³/mol. The van der Waals surface area contributed by atoms with Crippen LogP contribution in [-0.2, 0) is 13.5 Å². The molecule has 0 spiro atoms. The molecule has 0 saturated carbocycles. The number of pyridine rings is 1. The van der Waals surface area contributed by atoms with Crippen molar-refractivity contribution < 1.29 is 4.79 Å². The molecule has 5 nitrogen and oxygen atoms in total. The van der Waals surface area contributed by atoms with Crippen LogP contribution in [0.2, 0.25) is 0 Å². The lowest BCUT2D eigenvalue weighted by Crippen LogP contribution is -2.13. The van der Waals surface area contributed by atoms with Crippen LogP contribution in [-0.4, -0.2) is 25.5 Å². The summed E-state index contributed by atoms with van der Waals surface area (Å²) in [6.07, 6.45) is 5.41. The second kappa shape index (κ2) is 5.64. The van der Waals surface area contributed by atoms with Gasteiger partial charge in [-0.05, 0) is 62.1 Å². The molecule has 1 aliphatic rings. The van der Waals surface area contributed by atoms with E-state index in [4.69, 9.17) is 0 Å². The predicted octanol–water partition coefficient (Wildman–Crippen LogP) is 4.28. The van der Waals surface area contributed by atoms with Crippen molar-refractivity contribution in [1.82, 2.24) is 19.7 Å². The van der Waals surface area contributed by atoms with E-state index in [1.807, 2.05) is 26.2 Å². The molecule has 0 atom stereocenters. The highest BCUT2D eigenvalue weighted by Gasteiger charge is 2.26. The highest BCUT2D eigenvalue weighted by Crippen LogP contribution is 2.33. The van der Waals surface area contributed by atoms with Gasteiger partial charge in [-0.25, -0.2) is 4.98 Å². The van der Waals surface area contributed by atoms with Gasteiger partial charge in [0.1, 0.15) is 0 Å². The number of aromatic nitrogens is 4. The zero-order valence-corrected chi connectivity index (χ0v) is 15.6. The molecule has 3 aromatic heterocycles. The maximum atomic E-state index is 13.1. The van der Waals surface area contributed by atoms with Gasteiger partial charge in [-0.15, -0.1) is 0 Å². The van der Waals surface area contributed by atoms with Crippen molar-refractivity contribution in [2.75, 3.05) is 0 Å². The minimum Gasteiger partial charge on any atom is -0.352 e. The number of nitrogens with zero attached hydrogens (tertiary/aromatic N) is 3. The number of nitrogens with one attached hydrogen (secondary N) is 1. The van der Waals surface area contributed by atoms with Gasteiger partial charge in [0, 0.05) is 35.1 Å². The van der Waals surface area contributed by atoms with E-state index in [1.165, 1.54) is 10.9 Å². The van der Waals surface area contributed by atoms with Crippen LogP contribution in [0, 0.1) is 13.8 Å². The lowest BCUT2D eigenvalue weighted by atomic mass is 9.89. The Morgan fingerprint density at radius 3 is 2.85 bits per heavy atom. The number of Topliss-reactive ketones (excluding diaryl/α,β-unsaturated/α-hetero) is 1. The Balaban J connectivity index is 1.58. The van der Waals surface area contributed by atoms with E-state index in [1.54, 1.807) is 4.68 Å². The van der Waals surface area contributed by atoms with Crippen LogP contribution in [0.3, 0.4) is 0 Å². The molecule has 1 aliphatic carbocycles. The molecule has 0 aliphatic heterocycles. The molecule has 0 radical (unpaired) electrons. The standard InChI is InChI=1S/C22H20N4O/c1-12-4-7-19-18(8-12)16-6-5-15(21(27)20(16)24-19)9-14-10-17-13(2)25-26(3)22(17)23-11-14/h4,7-11,24H,5-6H2,1-3H3. The van der Waals surface area contributed by atoms with Gasteiger partial charge in [0.2, 0.25) is 5.78 Å². The fraction of sp³-hybridized carbons (Fsp3) is 0.227. The van der Waals surface area contributed by atoms with Crippen molar-refractivity contribution >= 4 is 33.8 Å². The molecule has 3 heterocycles. The van der Waals surface area contributed by atoms with Gasteiger partial charge in [-0.1, -0.05) is 11.6 Å². The molecule has 0 bridgehead atoms. The van der Waals surface area contributed by atoms with E-state index in [0.29, 0.717) is 0 Å². The highest BCUT2D eigenvalue weighted by molar-refractivity contribution is 6.15. The molecule has 1 aromatic carbocycles. The van der Waals surface area contributed by atoms with E-state index < -0.39 is 0 Å². The van der Waals surface area contributed by atoms with Crippen LogP contribution < -0.4 is 0 Å². The Bertz CT molecular complexity index is 1270. The summed E-state index contributed by atoms with van der Waals surface area (Å²) in [5.74, 6) is 0.0908. The zero-order valence-electron chi connectivity index (χ0n) is 15.6. The third-order valence-electron chi connectivity index (χ3n) is 5.45. The summed E-state index contributed by atoms with van der Waals surface area (Å²) in [7, 11) is 1.89. The average molecular weight is 356 g/mol. The maximum absolute atomic E-state index is 13.1. The number of benzene rings is 1. The Labute approximate surface area is 156 Å². The normalized spacial score (nSPS) is 15.8. The lowest BCUT2D eigenvalue weighted by molar-refractivity contribution is 0.102. The number of allylic oxidation sites excluding steroid dienone is 1. The summed E-state index contributed by atoms with van der Waals surface area (Å²) in [5, 5.41) is 6.61. The molecule has 27 heavy (non-hydrogen) atoms. The number of ketones is 1. The van der Waals surface area contributed by atoms with Crippen molar-refractivity contribution in [3.8, 4) is 0 Å². The van der Waals surface area contributed by atoms with Crippen LogP contribution >= 0.6 is 0 Å². The SMILES string of the molecule is Cc1ccc2[nH]c3c(c2c1)CCC(=Cc1cnc2c(c1)c(C)nn2C)C3=O. The molecule has 5 rings (SSSR count). The monoisotopic (exact) mass is 356 g/mol. The third kappa shape index (κ3) is 2.42. The topological polar surface area (TPSA) is 63.6 Å². The number of rotatable bonds is 1. The summed E-state index contributed by atoms with van der Waals surface area (Å²) in [4.78, 5) is 20.9. The Morgan fingerprint density at radius 2 is 2.00 bits per heavy atom. The van der Waals surface area contributed by atoms with E-state index in [9.17, 15) is 4.79 Å². The van der Waals surface area contributed by atoms with Gasteiger partial charge in [0.25, 0.3) is 0 Å². The summed E-state index contributed by atoms with van der Waals surface area (Å²) in [6, 6.07) is 8.36. The Hall–Kier alpha value is -3.21. The number of aromatic amines is 1. The summed E-state index contributed by atoms with van der Waals surface area (Å²) < 4.78 is 1.78.